The highest BCUT2D eigenvalue weighted by atomic mass is 32.2. The third-order valence-electron chi connectivity index (χ3n) is 6.45. The number of ether oxygens (including phenoxy) is 1. The molecule has 10 nitrogen and oxygen atoms in total. The summed E-state index contributed by atoms with van der Waals surface area (Å²) in [5, 5.41) is 0.269. The summed E-state index contributed by atoms with van der Waals surface area (Å²) in [5.74, 6) is -0.774. The average Bonchev–Trinajstić information content (AvgIpc) is 3.45. The van der Waals surface area contributed by atoms with Gasteiger partial charge in [0.05, 0.1) is 17.5 Å². The van der Waals surface area contributed by atoms with E-state index in [1.54, 1.807) is 4.31 Å². The SMILES string of the molecule is CC[C@H]1C[C@H]1S(=O)(=O)N1CCOC2(CCN(C(=O)ON3C(=O)CCC3=O)CC2)C1. The van der Waals surface area contributed by atoms with Gasteiger partial charge in [0.15, 0.2) is 0 Å². The largest absolute Gasteiger partial charge is 0.434 e. The first-order chi connectivity index (χ1) is 13.8. The van der Waals surface area contributed by atoms with Gasteiger partial charge in [0.1, 0.15) is 0 Å². The van der Waals surface area contributed by atoms with E-state index >= 15 is 0 Å². The molecule has 0 aromatic heterocycles. The van der Waals surface area contributed by atoms with E-state index in [0.717, 1.165) is 12.8 Å². The molecule has 3 aliphatic heterocycles. The zero-order valence-corrected chi connectivity index (χ0v) is 17.4. The van der Waals surface area contributed by atoms with Crippen molar-refractivity contribution >= 4 is 27.9 Å². The van der Waals surface area contributed by atoms with Crippen LogP contribution in [0.3, 0.4) is 0 Å². The molecule has 4 fully saturated rings. The van der Waals surface area contributed by atoms with Gasteiger partial charge in [0, 0.05) is 39.0 Å². The molecule has 0 unspecified atom stereocenters. The summed E-state index contributed by atoms with van der Waals surface area (Å²) in [4.78, 5) is 41.9. The van der Waals surface area contributed by atoms with Crippen molar-refractivity contribution in [1.82, 2.24) is 14.3 Å². The molecule has 4 rings (SSSR count). The maximum Gasteiger partial charge on any atom is 0.434 e. The molecular formula is C18H27N3O7S. The molecule has 1 saturated carbocycles. The molecule has 0 aromatic rings. The Labute approximate surface area is 170 Å². The molecule has 4 aliphatic rings. The number of hydrogen-bond donors (Lipinski definition) is 0. The maximum absolute atomic E-state index is 12.9. The van der Waals surface area contributed by atoms with Gasteiger partial charge in [0.25, 0.3) is 11.8 Å². The standard InChI is InChI=1S/C18H27N3O7S/c1-2-13-11-14(13)29(25,26)20-9-10-27-18(12-20)5-7-19(8-6-18)17(24)28-21-15(22)3-4-16(21)23/h13-14H,2-12H2,1H3/t13-,14+/m0/s1. The second-order valence-electron chi connectivity index (χ2n) is 8.28. The minimum atomic E-state index is -3.32. The number of carbonyl (C=O) groups is 3. The zero-order chi connectivity index (χ0) is 20.8. The first kappa shape index (κ1) is 20.5. The van der Waals surface area contributed by atoms with Crippen LogP contribution in [-0.2, 0) is 29.2 Å². The van der Waals surface area contributed by atoms with E-state index in [1.807, 2.05) is 6.92 Å². The van der Waals surface area contributed by atoms with Crippen LogP contribution in [-0.4, -0.2) is 84.2 Å². The van der Waals surface area contributed by atoms with Gasteiger partial charge in [-0.15, -0.1) is 5.06 Å². The molecule has 0 radical (unpaired) electrons. The number of amides is 3. The number of hydrogen-bond acceptors (Lipinski definition) is 7. The van der Waals surface area contributed by atoms with Gasteiger partial charge in [-0.25, -0.2) is 13.2 Å². The number of piperidine rings is 1. The molecule has 0 bridgehead atoms. The molecule has 3 saturated heterocycles. The topological polar surface area (TPSA) is 114 Å². The third kappa shape index (κ3) is 3.87. The predicted octanol–water partition coefficient (Wildman–Crippen LogP) is 0.482. The van der Waals surface area contributed by atoms with Crippen molar-refractivity contribution in [3.8, 4) is 0 Å². The monoisotopic (exact) mass is 429 g/mol. The summed E-state index contributed by atoms with van der Waals surface area (Å²) >= 11 is 0. The van der Waals surface area contributed by atoms with Crippen LogP contribution in [0.15, 0.2) is 0 Å². The molecule has 1 aliphatic carbocycles. The maximum atomic E-state index is 12.9. The Morgan fingerprint density at radius 2 is 1.83 bits per heavy atom. The normalized spacial score (nSPS) is 30.1. The lowest BCUT2D eigenvalue weighted by Crippen LogP contribution is -2.59. The number of morpholine rings is 1. The van der Waals surface area contributed by atoms with Crippen LogP contribution in [0.25, 0.3) is 0 Å². The van der Waals surface area contributed by atoms with Crippen molar-refractivity contribution in [2.45, 2.75) is 56.3 Å². The van der Waals surface area contributed by atoms with E-state index in [9.17, 15) is 22.8 Å². The van der Waals surface area contributed by atoms with Crippen molar-refractivity contribution < 1.29 is 32.4 Å². The van der Waals surface area contributed by atoms with Crippen LogP contribution < -0.4 is 0 Å². The first-order valence-electron chi connectivity index (χ1n) is 10.2. The Bertz CT molecular complexity index is 790. The van der Waals surface area contributed by atoms with Gasteiger partial charge >= 0.3 is 6.09 Å². The summed E-state index contributed by atoms with van der Waals surface area (Å²) < 4.78 is 33.3. The van der Waals surface area contributed by atoms with Crippen LogP contribution >= 0.6 is 0 Å². The van der Waals surface area contributed by atoms with Crippen LogP contribution in [0.2, 0.25) is 0 Å². The van der Waals surface area contributed by atoms with E-state index < -0.39 is 33.5 Å². The van der Waals surface area contributed by atoms with Gasteiger partial charge < -0.3 is 14.5 Å². The second-order valence-corrected chi connectivity index (χ2v) is 10.4. The Morgan fingerprint density at radius 3 is 2.41 bits per heavy atom. The summed E-state index contributed by atoms with van der Waals surface area (Å²) in [6.45, 7) is 3.63. The second kappa shape index (κ2) is 7.51. The molecule has 3 heterocycles. The van der Waals surface area contributed by atoms with E-state index in [-0.39, 0.29) is 24.0 Å². The molecule has 0 aromatic carbocycles. The number of likely N-dealkylation sites (tertiary alicyclic amines) is 1. The minimum Gasteiger partial charge on any atom is -0.372 e. The average molecular weight is 429 g/mol. The van der Waals surface area contributed by atoms with E-state index in [1.165, 1.54) is 4.90 Å². The first-order valence-corrected chi connectivity index (χ1v) is 11.7. The predicted molar refractivity (Wildman–Crippen MR) is 99.7 cm³/mol. The van der Waals surface area contributed by atoms with Crippen molar-refractivity contribution in [3.05, 3.63) is 0 Å². The molecule has 162 valence electrons. The molecule has 1 spiro atoms. The van der Waals surface area contributed by atoms with Crippen molar-refractivity contribution in [3.63, 3.8) is 0 Å². The highest BCUT2D eigenvalue weighted by Crippen LogP contribution is 2.42. The molecule has 3 amide bonds. The molecule has 11 heteroatoms. The highest BCUT2D eigenvalue weighted by molar-refractivity contribution is 7.90. The van der Waals surface area contributed by atoms with E-state index in [4.69, 9.17) is 9.57 Å². The van der Waals surface area contributed by atoms with E-state index in [2.05, 4.69) is 0 Å². The summed E-state index contributed by atoms with van der Waals surface area (Å²) in [6.07, 6.45) is 1.90. The zero-order valence-electron chi connectivity index (χ0n) is 16.5. The lowest BCUT2D eigenvalue weighted by Gasteiger charge is -2.46. The molecule has 29 heavy (non-hydrogen) atoms. The van der Waals surface area contributed by atoms with Crippen LogP contribution in [0.1, 0.15) is 45.4 Å². The number of imide groups is 1. The Hall–Kier alpha value is -1.72. The Morgan fingerprint density at radius 1 is 1.17 bits per heavy atom. The van der Waals surface area contributed by atoms with Gasteiger partial charge in [-0.05, 0) is 25.2 Å². The van der Waals surface area contributed by atoms with E-state index in [0.29, 0.717) is 50.7 Å². The Balaban J connectivity index is 1.34. The smallest absolute Gasteiger partial charge is 0.372 e. The van der Waals surface area contributed by atoms with Crippen LogP contribution in [0, 0.1) is 5.92 Å². The number of hydroxylamine groups is 2. The van der Waals surface area contributed by atoms with Crippen molar-refractivity contribution in [2.75, 3.05) is 32.8 Å². The van der Waals surface area contributed by atoms with Crippen molar-refractivity contribution in [1.29, 1.82) is 0 Å². The summed E-state index contributed by atoms with van der Waals surface area (Å²) in [7, 11) is -3.32. The number of nitrogens with zero attached hydrogens (tertiary/aromatic N) is 3. The number of sulfonamides is 1. The molecule has 2 atom stereocenters. The number of carbonyl (C=O) groups excluding carboxylic acids is 3. The number of rotatable bonds is 4. The molecule has 0 N–H and O–H groups in total. The third-order valence-corrected chi connectivity index (χ3v) is 8.82. The summed E-state index contributed by atoms with van der Waals surface area (Å²) in [5.41, 5.74) is -0.613. The molecular weight excluding hydrogens is 402 g/mol. The lowest BCUT2D eigenvalue weighted by molar-refractivity contribution is -0.175. The highest BCUT2D eigenvalue weighted by Gasteiger charge is 2.52. The lowest BCUT2D eigenvalue weighted by atomic mass is 9.90. The van der Waals surface area contributed by atoms with Crippen LogP contribution in [0.5, 0.6) is 0 Å². The van der Waals surface area contributed by atoms with Gasteiger partial charge in [-0.2, -0.15) is 4.31 Å². The summed E-state index contributed by atoms with van der Waals surface area (Å²) in [6, 6.07) is 0. The van der Waals surface area contributed by atoms with Crippen molar-refractivity contribution in [2.24, 2.45) is 5.92 Å². The minimum absolute atomic E-state index is 0.0489. The quantitative estimate of drug-likeness (QED) is 0.597. The fourth-order valence-corrected chi connectivity index (χ4v) is 6.72. The van der Waals surface area contributed by atoms with Gasteiger partial charge in [-0.3, -0.25) is 9.59 Å². The Kier molecular flexibility index (Phi) is 5.32. The van der Waals surface area contributed by atoms with Crippen LogP contribution in [0.4, 0.5) is 4.79 Å². The fourth-order valence-electron chi connectivity index (χ4n) is 4.43. The van der Waals surface area contributed by atoms with Gasteiger partial charge in [-0.1, -0.05) is 13.3 Å². The van der Waals surface area contributed by atoms with Gasteiger partial charge in [0.2, 0.25) is 10.0 Å². The fraction of sp³-hybridized carbons (Fsp3) is 0.833.